The van der Waals surface area contributed by atoms with Crippen molar-refractivity contribution in [3.8, 4) is 0 Å². The van der Waals surface area contributed by atoms with Gasteiger partial charge in [0.2, 0.25) is 5.78 Å². The number of halogens is 3. The van der Waals surface area contributed by atoms with Crippen molar-refractivity contribution in [3.05, 3.63) is 101 Å². The molecule has 1 unspecified atom stereocenters. The predicted molar refractivity (Wildman–Crippen MR) is 132 cm³/mol. The summed E-state index contributed by atoms with van der Waals surface area (Å²) in [5.74, 6) is -3.58. The standard InChI is InChI=1S/C26H20F3N3O5S/c27-26(28,29)24(34)37-32(25(35)36-15-17-6-2-1-3-7-17)21(18-12-10-16(14-30)11-13-18)22(33)23-31-19-8-4-5-9-20(19)38-23/h1-13,21H,14-15,30H2. The minimum absolute atomic E-state index is 0.00458. The number of alkyl halides is 3. The van der Waals surface area contributed by atoms with Crippen LogP contribution in [0, 0.1) is 0 Å². The van der Waals surface area contributed by atoms with E-state index in [-0.39, 0.29) is 28.8 Å². The van der Waals surface area contributed by atoms with Gasteiger partial charge in [-0.05, 0) is 28.8 Å². The highest BCUT2D eigenvalue weighted by Crippen LogP contribution is 2.32. The van der Waals surface area contributed by atoms with Crippen LogP contribution in [0.4, 0.5) is 18.0 Å². The lowest BCUT2D eigenvalue weighted by Crippen LogP contribution is -2.43. The fourth-order valence-corrected chi connectivity index (χ4v) is 4.37. The highest BCUT2D eigenvalue weighted by atomic mass is 32.1. The summed E-state index contributed by atoms with van der Waals surface area (Å²) in [5.41, 5.74) is 7.34. The Morgan fingerprint density at radius 3 is 2.21 bits per heavy atom. The number of carbonyl (C=O) groups excluding carboxylic acids is 3. The Morgan fingerprint density at radius 1 is 0.921 bits per heavy atom. The summed E-state index contributed by atoms with van der Waals surface area (Å²) in [6, 6.07) is 19.1. The molecule has 1 aromatic heterocycles. The summed E-state index contributed by atoms with van der Waals surface area (Å²) in [5, 5.41) is -0.104. The van der Waals surface area contributed by atoms with Crippen LogP contribution >= 0.6 is 11.3 Å². The van der Waals surface area contributed by atoms with Gasteiger partial charge in [-0.15, -0.1) is 16.4 Å². The summed E-state index contributed by atoms with van der Waals surface area (Å²) in [4.78, 5) is 47.4. The number of hydrogen-bond acceptors (Lipinski definition) is 8. The molecule has 8 nitrogen and oxygen atoms in total. The smallest absolute Gasteiger partial charge is 0.442 e. The summed E-state index contributed by atoms with van der Waals surface area (Å²) in [6.07, 6.45) is -6.93. The summed E-state index contributed by atoms with van der Waals surface area (Å²) < 4.78 is 45.4. The van der Waals surface area contributed by atoms with Gasteiger partial charge in [-0.2, -0.15) is 13.2 Å². The number of ketones is 1. The van der Waals surface area contributed by atoms with Gasteiger partial charge in [-0.25, -0.2) is 14.6 Å². The summed E-state index contributed by atoms with van der Waals surface area (Å²) in [6.45, 7) is -0.198. The first-order valence-electron chi connectivity index (χ1n) is 11.1. The second-order valence-electron chi connectivity index (χ2n) is 7.94. The number of nitrogens with zero attached hydrogens (tertiary/aromatic N) is 2. The number of carbonyl (C=O) groups is 3. The van der Waals surface area contributed by atoms with Crippen molar-refractivity contribution in [2.45, 2.75) is 25.4 Å². The molecule has 12 heteroatoms. The molecule has 0 saturated carbocycles. The van der Waals surface area contributed by atoms with E-state index in [9.17, 15) is 27.6 Å². The Balaban J connectivity index is 1.76. The number of fused-ring (bicyclic) bond motifs is 1. The number of para-hydroxylation sites is 1. The maximum absolute atomic E-state index is 13.7. The van der Waals surface area contributed by atoms with Crippen LogP contribution in [0.15, 0.2) is 78.9 Å². The van der Waals surface area contributed by atoms with Crippen LogP contribution in [0.2, 0.25) is 0 Å². The number of nitrogens with two attached hydrogens (primary N) is 1. The van der Waals surface area contributed by atoms with Crippen LogP contribution in [0.3, 0.4) is 0 Å². The molecule has 4 aromatic rings. The van der Waals surface area contributed by atoms with Crippen molar-refractivity contribution in [3.63, 3.8) is 0 Å². The molecule has 0 fully saturated rings. The van der Waals surface area contributed by atoms with Crippen LogP contribution in [0.25, 0.3) is 10.2 Å². The number of ether oxygens (including phenoxy) is 1. The van der Waals surface area contributed by atoms with E-state index in [0.29, 0.717) is 21.3 Å². The largest absolute Gasteiger partial charge is 0.493 e. The van der Waals surface area contributed by atoms with Crippen LogP contribution in [0.1, 0.15) is 32.5 Å². The van der Waals surface area contributed by atoms with Gasteiger partial charge >= 0.3 is 18.2 Å². The normalized spacial score (nSPS) is 12.1. The highest BCUT2D eigenvalue weighted by molar-refractivity contribution is 7.20. The Morgan fingerprint density at radius 2 is 1.58 bits per heavy atom. The molecular weight excluding hydrogens is 523 g/mol. The van der Waals surface area contributed by atoms with Gasteiger partial charge in [0.1, 0.15) is 6.61 Å². The second kappa shape index (κ2) is 11.4. The molecule has 1 amide bonds. The molecule has 4 rings (SSSR count). The SMILES string of the molecule is NCc1ccc(C(C(=O)c2nc3ccccc3s2)N(OC(=O)C(F)(F)F)C(=O)OCc2ccccc2)cc1. The lowest BCUT2D eigenvalue weighted by atomic mass is 10.0. The minimum atomic E-state index is -5.45. The fraction of sp³-hybridized carbons (Fsp3) is 0.154. The third-order valence-electron chi connectivity index (χ3n) is 5.32. The number of rotatable bonds is 7. The maximum atomic E-state index is 13.7. The molecule has 1 heterocycles. The summed E-state index contributed by atoms with van der Waals surface area (Å²) in [7, 11) is 0. The zero-order valence-electron chi connectivity index (χ0n) is 19.6. The van der Waals surface area contributed by atoms with E-state index < -0.39 is 30.1 Å². The number of thiazole rings is 1. The number of benzene rings is 3. The van der Waals surface area contributed by atoms with Gasteiger partial charge in [-0.3, -0.25) is 4.79 Å². The molecule has 0 saturated heterocycles. The van der Waals surface area contributed by atoms with Crippen molar-refractivity contribution in [2.75, 3.05) is 0 Å². The van der Waals surface area contributed by atoms with E-state index >= 15 is 0 Å². The van der Waals surface area contributed by atoms with E-state index in [4.69, 9.17) is 10.5 Å². The molecule has 38 heavy (non-hydrogen) atoms. The van der Waals surface area contributed by atoms with Gasteiger partial charge in [0, 0.05) is 6.54 Å². The average Bonchev–Trinajstić information content (AvgIpc) is 3.36. The zero-order chi connectivity index (χ0) is 27.3. The fourth-order valence-electron chi connectivity index (χ4n) is 3.44. The Hall–Kier alpha value is -4.29. The van der Waals surface area contributed by atoms with E-state index in [1.807, 2.05) is 0 Å². The molecule has 0 aliphatic rings. The predicted octanol–water partition coefficient (Wildman–Crippen LogP) is 5.34. The van der Waals surface area contributed by atoms with Crippen LogP contribution in [-0.2, 0) is 27.5 Å². The third-order valence-corrected chi connectivity index (χ3v) is 6.37. The number of hydrogen-bond donors (Lipinski definition) is 1. The number of amides is 1. The van der Waals surface area contributed by atoms with Crippen LogP contribution in [-0.4, -0.2) is 34.1 Å². The van der Waals surface area contributed by atoms with E-state index in [1.54, 1.807) is 54.6 Å². The van der Waals surface area contributed by atoms with Crippen molar-refractivity contribution < 1.29 is 37.1 Å². The number of Topliss-reactive ketones (excluding diaryl/α,β-unsaturated/α-hetero) is 1. The van der Waals surface area contributed by atoms with Crippen LogP contribution < -0.4 is 5.73 Å². The molecule has 0 aliphatic carbocycles. The quantitative estimate of drug-likeness (QED) is 0.247. The zero-order valence-corrected chi connectivity index (χ0v) is 20.4. The highest BCUT2D eigenvalue weighted by Gasteiger charge is 2.47. The lowest BCUT2D eigenvalue weighted by molar-refractivity contribution is -0.235. The molecule has 3 aromatic carbocycles. The molecule has 2 N–H and O–H groups in total. The Bertz CT molecular complexity index is 1410. The van der Waals surface area contributed by atoms with E-state index in [0.717, 1.165) is 11.3 Å². The van der Waals surface area contributed by atoms with E-state index in [1.165, 1.54) is 24.3 Å². The molecule has 196 valence electrons. The Kier molecular flexibility index (Phi) is 8.03. The number of aromatic nitrogens is 1. The van der Waals surface area contributed by atoms with Crippen molar-refractivity contribution in [1.82, 2.24) is 10.0 Å². The minimum Gasteiger partial charge on any atom is -0.442 e. The molecule has 0 spiro atoms. The second-order valence-corrected chi connectivity index (χ2v) is 8.97. The topological polar surface area (TPSA) is 112 Å². The first-order chi connectivity index (χ1) is 18.2. The van der Waals surface area contributed by atoms with Gasteiger partial charge in [0.05, 0.1) is 10.2 Å². The third kappa shape index (κ3) is 6.15. The van der Waals surface area contributed by atoms with Crippen molar-refractivity contribution in [2.24, 2.45) is 5.73 Å². The van der Waals surface area contributed by atoms with E-state index in [2.05, 4.69) is 9.82 Å². The van der Waals surface area contributed by atoms with Crippen molar-refractivity contribution in [1.29, 1.82) is 0 Å². The van der Waals surface area contributed by atoms with Gasteiger partial charge < -0.3 is 15.3 Å². The lowest BCUT2D eigenvalue weighted by Gasteiger charge is -2.28. The van der Waals surface area contributed by atoms with Gasteiger partial charge in [-0.1, -0.05) is 66.7 Å². The Labute approximate surface area is 218 Å². The maximum Gasteiger partial charge on any atom is 0.493 e. The van der Waals surface area contributed by atoms with Gasteiger partial charge in [0.25, 0.3) is 0 Å². The van der Waals surface area contributed by atoms with Crippen LogP contribution in [0.5, 0.6) is 0 Å². The summed E-state index contributed by atoms with van der Waals surface area (Å²) >= 11 is 0.978. The molecule has 0 aliphatic heterocycles. The molecule has 0 bridgehead atoms. The van der Waals surface area contributed by atoms with Crippen molar-refractivity contribution >= 4 is 39.4 Å². The monoisotopic (exact) mass is 543 g/mol. The first kappa shape index (κ1) is 26.8. The van der Waals surface area contributed by atoms with Gasteiger partial charge in [0.15, 0.2) is 11.0 Å². The first-order valence-corrected chi connectivity index (χ1v) is 12.0. The molecule has 0 radical (unpaired) electrons. The average molecular weight is 544 g/mol. The molecule has 1 atom stereocenters. The number of hydroxylamine groups is 2. The molecular formula is C26H20F3N3O5S.